The van der Waals surface area contributed by atoms with Crippen molar-refractivity contribution in [1.29, 1.82) is 0 Å². The number of H-pyrrole nitrogens is 1. The first-order valence-corrected chi connectivity index (χ1v) is 10.2. The van der Waals surface area contributed by atoms with Crippen LogP contribution in [0.2, 0.25) is 5.02 Å². The molecule has 0 spiro atoms. The fourth-order valence-corrected chi connectivity index (χ4v) is 4.15. The molecule has 0 fully saturated rings. The molecule has 0 saturated carbocycles. The number of fused-ring (bicyclic) bond motifs is 2. The molecule has 1 atom stereocenters. The topological polar surface area (TPSA) is 123 Å². The zero-order valence-corrected chi connectivity index (χ0v) is 17.6. The van der Waals surface area contributed by atoms with E-state index in [-0.39, 0.29) is 17.7 Å². The quantitative estimate of drug-likeness (QED) is 0.448. The third-order valence-electron chi connectivity index (χ3n) is 5.47. The Labute approximate surface area is 185 Å². The van der Waals surface area contributed by atoms with Gasteiger partial charge in [-0.3, -0.25) is 9.48 Å². The van der Waals surface area contributed by atoms with Gasteiger partial charge in [0.05, 0.1) is 40.0 Å². The van der Waals surface area contributed by atoms with Crippen molar-refractivity contribution in [2.75, 3.05) is 6.54 Å². The first-order valence-electron chi connectivity index (χ1n) is 9.87. The average molecular weight is 450 g/mol. The second kappa shape index (κ2) is 7.02. The van der Waals surface area contributed by atoms with E-state index in [1.165, 1.54) is 0 Å². The van der Waals surface area contributed by atoms with Gasteiger partial charge in [0.15, 0.2) is 0 Å². The van der Waals surface area contributed by atoms with Gasteiger partial charge in [-0.15, -0.1) is 10.2 Å². The third kappa shape index (κ3) is 2.97. The zero-order chi connectivity index (χ0) is 21.8. The molecule has 11 nitrogen and oxygen atoms in total. The van der Waals surface area contributed by atoms with Crippen LogP contribution < -0.4 is 0 Å². The Morgan fingerprint density at radius 2 is 2.19 bits per heavy atom. The molecule has 6 rings (SSSR count). The molecule has 0 saturated heterocycles. The van der Waals surface area contributed by atoms with E-state index in [2.05, 4.69) is 30.4 Å². The maximum atomic E-state index is 13.4. The summed E-state index contributed by atoms with van der Waals surface area (Å²) in [5.74, 6) is -0.251. The molecule has 12 heteroatoms. The van der Waals surface area contributed by atoms with Crippen LogP contribution in [0, 0.1) is 0 Å². The lowest BCUT2D eigenvalue weighted by atomic mass is 9.99. The van der Waals surface area contributed by atoms with Crippen molar-refractivity contribution in [3.63, 3.8) is 0 Å². The van der Waals surface area contributed by atoms with E-state index in [9.17, 15) is 4.79 Å². The van der Waals surface area contributed by atoms with Crippen LogP contribution in [-0.2, 0) is 13.5 Å². The van der Waals surface area contributed by atoms with Crippen molar-refractivity contribution in [2.45, 2.75) is 12.5 Å². The van der Waals surface area contributed by atoms with Crippen LogP contribution in [0.15, 0.2) is 47.5 Å². The van der Waals surface area contributed by atoms with Gasteiger partial charge in [0, 0.05) is 38.1 Å². The summed E-state index contributed by atoms with van der Waals surface area (Å²) in [6.45, 7) is 0.442. The molecule has 0 aromatic carbocycles. The predicted octanol–water partition coefficient (Wildman–Crippen LogP) is 2.28. The van der Waals surface area contributed by atoms with Crippen molar-refractivity contribution >= 4 is 23.0 Å². The highest BCUT2D eigenvalue weighted by molar-refractivity contribution is 6.30. The molecule has 1 aliphatic rings. The fraction of sp³-hybridized carbons (Fsp3) is 0.200. The van der Waals surface area contributed by atoms with E-state index in [1.54, 1.807) is 52.1 Å². The van der Waals surface area contributed by atoms with Gasteiger partial charge in [-0.1, -0.05) is 11.6 Å². The first-order chi connectivity index (χ1) is 15.6. The molecule has 0 unspecified atom stereocenters. The van der Waals surface area contributed by atoms with Crippen LogP contribution in [0.1, 0.15) is 33.8 Å². The number of rotatable bonds is 3. The largest absolute Gasteiger partial charge is 0.412 e. The Kier molecular flexibility index (Phi) is 4.12. The molecule has 160 valence electrons. The van der Waals surface area contributed by atoms with E-state index in [0.29, 0.717) is 29.2 Å². The highest BCUT2D eigenvalue weighted by Crippen LogP contribution is 2.34. The summed E-state index contributed by atoms with van der Waals surface area (Å²) in [6.07, 6.45) is 7.32. The number of aromatic amines is 1. The van der Waals surface area contributed by atoms with Gasteiger partial charge in [0.1, 0.15) is 6.04 Å². The van der Waals surface area contributed by atoms with Gasteiger partial charge in [-0.05, 0) is 18.2 Å². The van der Waals surface area contributed by atoms with Crippen molar-refractivity contribution in [2.24, 2.45) is 7.05 Å². The third-order valence-corrected chi connectivity index (χ3v) is 5.69. The zero-order valence-electron chi connectivity index (χ0n) is 16.8. The molecule has 5 aromatic heterocycles. The highest BCUT2D eigenvalue weighted by atomic mass is 35.5. The summed E-state index contributed by atoms with van der Waals surface area (Å²) >= 11 is 6.11. The van der Waals surface area contributed by atoms with Gasteiger partial charge in [0.25, 0.3) is 5.89 Å². The number of nitrogens with one attached hydrogen (secondary N) is 1. The van der Waals surface area contributed by atoms with Crippen LogP contribution in [0.5, 0.6) is 0 Å². The van der Waals surface area contributed by atoms with Gasteiger partial charge < -0.3 is 14.3 Å². The second-order valence-corrected chi connectivity index (χ2v) is 7.95. The fourth-order valence-electron chi connectivity index (χ4n) is 3.99. The van der Waals surface area contributed by atoms with Crippen molar-refractivity contribution in [3.8, 4) is 11.5 Å². The number of nitrogens with zero attached hydrogens (tertiary/aromatic N) is 8. The molecule has 32 heavy (non-hydrogen) atoms. The molecule has 1 amide bonds. The van der Waals surface area contributed by atoms with Crippen LogP contribution in [-0.4, -0.2) is 56.9 Å². The highest BCUT2D eigenvalue weighted by Gasteiger charge is 2.38. The van der Waals surface area contributed by atoms with E-state index in [0.717, 1.165) is 16.9 Å². The van der Waals surface area contributed by atoms with E-state index in [4.69, 9.17) is 16.0 Å². The number of aromatic nitrogens is 8. The van der Waals surface area contributed by atoms with Crippen molar-refractivity contribution < 1.29 is 9.21 Å². The van der Waals surface area contributed by atoms with Crippen LogP contribution in [0.4, 0.5) is 0 Å². The lowest BCUT2D eigenvalue weighted by Gasteiger charge is -2.32. The van der Waals surface area contributed by atoms with Gasteiger partial charge in [-0.2, -0.15) is 10.2 Å². The summed E-state index contributed by atoms with van der Waals surface area (Å²) in [4.78, 5) is 22.8. The minimum absolute atomic E-state index is 0.0975. The SMILES string of the molecule is Cn1cc(-c2nnc(C(=O)N3CCc4[nH]cnc4[C@@H]3c3cc4ccc(Cl)cn4n3)o2)cn1. The molecule has 6 heterocycles. The van der Waals surface area contributed by atoms with E-state index >= 15 is 0 Å². The standard InChI is InChI=1S/C20H16ClN9O2/c1-28-8-11(7-24-28)18-25-26-19(32-18)20(31)29-5-4-14-16(23-10-22-14)17(29)15-6-13-3-2-12(21)9-30(13)27-15/h2-3,6-10,17H,4-5H2,1H3,(H,22,23)/t17-/m0/s1. The van der Waals surface area contributed by atoms with Crippen molar-refractivity contribution in [1.82, 2.24) is 44.5 Å². The summed E-state index contributed by atoms with van der Waals surface area (Å²) in [6, 6.07) is 5.08. The lowest BCUT2D eigenvalue weighted by Crippen LogP contribution is -2.41. The number of amides is 1. The Balaban J connectivity index is 1.40. The molecule has 0 bridgehead atoms. The minimum atomic E-state index is -0.509. The van der Waals surface area contributed by atoms with E-state index < -0.39 is 6.04 Å². The molecule has 0 aliphatic carbocycles. The molecular formula is C20H16ClN9O2. The maximum Gasteiger partial charge on any atom is 0.312 e. The monoisotopic (exact) mass is 449 g/mol. The smallest absolute Gasteiger partial charge is 0.312 e. The molecule has 5 aromatic rings. The summed E-state index contributed by atoms with van der Waals surface area (Å²) < 4.78 is 9.00. The summed E-state index contributed by atoms with van der Waals surface area (Å²) in [5, 5.41) is 17.3. The van der Waals surface area contributed by atoms with Gasteiger partial charge >= 0.3 is 11.8 Å². The number of halogens is 1. The Morgan fingerprint density at radius 3 is 3.03 bits per heavy atom. The molecule has 1 N–H and O–H groups in total. The number of carbonyl (C=O) groups excluding carboxylic acids is 1. The first kappa shape index (κ1) is 18.8. The number of hydrogen-bond donors (Lipinski definition) is 1. The minimum Gasteiger partial charge on any atom is -0.412 e. The maximum absolute atomic E-state index is 13.4. The number of carbonyl (C=O) groups is 1. The van der Waals surface area contributed by atoms with Crippen LogP contribution >= 0.6 is 11.6 Å². The number of imidazole rings is 1. The Bertz CT molecular complexity index is 1460. The average Bonchev–Trinajstić information content (AvgIpc) is 3.57. The van der Waals surface area contributed by atoms with E-state index in [1.807, 2.05) is 12.1 Å². The van der Waals surface area contributed by atoms with Gasteiger partial charge in [-0.25, -0.2) is 9.50 Å². The molecule has 0 radical (unpaired) electrons. The van der Waals surface area contributed by atoms with Crippen LogP contribution in [0.3, 0.4) is 0 Å². The Morgan fingerprint density at radius 1 is 1.28 bits per heavy atom. The number of hydrogen-bond acceptors (Lipinski definition) is 7. The second-order valence-electron chi connectivity index (χ2n) is 7.52. The predicted molar refractivity (Wildman–Crippen MR) is 112 cm³/mol. The Hall–Kier alpha value is -3.99. The number of pyridine rings is 1. The summed E-state index contributed by atoms with van der Waals surface area (Å²) in [5.41, 5.74) is 3.87. The van der Waals surface area contributed by atoms with Crippen LogP contribution in [0.25, 0.3) is 17.0 Å². The van der Waals surface area contributed by atoms with Crippen molar-refractivity contribution in [3.05, 3.63) is 71.1 Å². The summed E-state index contributed by atoms with van der Waals surface area (Å²) in [7, 11) is 1.79. The molecular weight excluding hydrogens is 434 g/mol. The number of aryl methyl sites for hydroxylation is 1. The van der Waals surface area contributed by atoms with Gasteiger partial charge in [0.2, 0.25) is 0 Å². The lowest BCUT2D eigenvalue weighted by molar-refractivity contribution is 0.0646. The molecule has 1 aliphatic heterocycles. The normalized spacial score (nSPS) is 15.9.